The van der Waals surface area contributed by atoms with E-state index in [1.54, 1.807) is 11.3 Å². The standard InChI is InChI=1S/C16H28N4S/c1-6-7-8-11-20(5)16(17-4)18-10-9-14-12-21-15(19-14)13(2)3/h6,12-13H,1,7-11H2,2-5H3,(H,17,18). The van der Waals surface area contributed by atoms with Crippen LogP contribution >= 0.6 is 11.3 Å². The van der Waals surface area contributed by atoms with Crippen LogP contribution in [-0.4, -0.2) is 43.0 Å². The summed E-state index contributed by atoms with van der Waals surface area (Å²) >= 11 is 1.75. The van der Waals surface area contributed by atoms with Crippen molar-refractivity contribution in [3.8, 4) is 0 Å². The molecule has 0 amide bonds. The molecule has 1 N–H and O–H groups in total. The number of guanidine groups is 1. The number of rotatable bonds is 8. The van der Waals surface area contributed by atoms with Gasteiger partial charge in [-0.3, -0.25) is 4.99 Å². The average Bonchev–Trinajstić information content (AvgIpc) is 2.93. The number of hydrogen-bond acceptors (Lipinski definition) is 3. The first kappa shape index (κ1) is 17.7. The van der Waals surface area contributed by atoms with Gasteiger partial charge in [-0.25, -0.2) is 4.98 Å². The number of aromatic nitrogens is 1. The second-order valence-corrected chi connectivity index (χ2v) is 6.30. The van der Waals surface area contributed by atoms with Gasteiger partial charge in [0.1, 0.15) is 0 Å². The molecule has 1 aromatic rings. The molecule has 118 valence electrons. The molecule has 0 unspecified atom stereocenters. The Balaban J connectivity index is 2.35. The van der Waals surface area contributed by atoms with Crippen LogP contribution in [-0.2, 0) is 6.42 Å². The highest BCUT2D eigenvalue weighted by molar-refractivity contribution is 7.09. The Labute approximate surface area is 133 Å². The van der Waals surface area contributed by atoms with Crippen molar-refractivity contribution in [1.29, 1.82) is 0 Å². The number of nitrogens with one attached hydrogen (secondary N) is 1. The molecular formula is C16H28N4S. The van der Waals surface area contributed by atoms with Crippen LogP contribution < -0.4 is 5.32 Å². The van der Waals surface area contributed by atoms with Crippen molar-refractivity contribution in [2.75, 3.05) is 27.2 Å². The second-order valence-electron chi connectivity index (χ2n) is 5.41. The van der Waals surface area contributed by atoms with Crippen molar-refractivity contribution < 1.29 is 0 Å². The first-order chi connectivity index (χ1) is 10.1. The number of allylic oxidation sites excluding steroid dienone is 1. The summed E-state index contributed by atoms with van der Waals surface area (Å²) in [5.74, 6) is 1.46. The Kier molecular flexibility index (Phi) is 8.05. The average molecular weight is 308 g/mol. The molecule has 0 aliphatic carbocycles. The fourth-order valence-electron chi connectivity index (χ4n) is 1.97. The van der Waals surface area contributed by atoms with E-state index in [2.05, 4.69) is 53.0 Å². The van der Waals surface area contributed by atoms with Crippen molar-refractivity contribution in [2.24, 2.45) is 4.99 Å². The van der Waals surface area contributed by atoms with E-state index in [1.165, 1.54) is 10.7 Å². The van der Waals surface area contributed by atoms with Crippen molar-refractivity contribution in [2.45, 2.75) is 39.0 Å². The Morgan fingerprint density at radius 1 is 1.57 bits per heavy atom. The molecule has 0 saturated carbocycles. The molecule has 0 atom stereocenters. The number of unbranched alkanes of at least 4 members (excludes halogenated alkanes) is 1. The Morgan fingerprint density at radius 3 is 2.90 bits per heavy atom. The lowest BCUT2D eigenvalue weighted by molar-refractivity contribution is 0.470. The van der Waals surface area contributed by atoms with E-state index < -0.39 is 0 Å². The van der Waals surface area contributed by atoms with E-state index in [0.29, 0.717) is 5.92 Å². The summed E-state index contributed by atoms with van der Waals surface area (Å²) in [5.41, 5.74) is 1.17. The number of hydrogen-bond donors (Lipinski definition) is 1. The molecule has 0 saturated heterocycles. The SMILES string of the molecule is C=CCCCN(C)C(=NC)NCCc1csc(C(C)C)n1. The van der Waals surface area contributed by atoms with E-state index in [9.17, 15) is 0 Å². The zero-order valence-electron chi connectivity index (χ0n) is 13.7. The van der Waals surface area contributed by atoms with Gasteiger partial charge >= 0.3 is 0 Å². The van der Waals surface area contributed by atoms with Crippen LogP contribution in [0.4, 0.5) is 0 Å². The first-order valence-electron chi connectivity index (χ1n) is 7.55. The highest BCUT2D eigenvalue weighted by Gasteiger charge is 2.07. The monoisotopic (exact) mass is 308 g/mol. The van der Waals surface area contributed by atoms with Crippen LogP contribution in [0.25, 0.3) is 0 Å². The molecule has 1 aromatic heterocycles. The van der Waals surface area contributed by atoms with Crippen LogP contribution in [0, 0.1) is 0 Å². The summed E-state index contributed by atoms with van der Waals surface area (Å²) in [6.07, 6.45) is 5.03. The van der Waals surface area contributed by atoms with E-state index in [1.807, 2.05) is 13.1 Å². The second kappa shape index (κ2) is 9.55. The summed E-state index contributed by atoms with van der Waals surface area (Å²) in [5, 5.41) is 6.78. The fraction of sp³-hybridized carbons (Fsp3) is 0.625. The minimum absolute atomic E-state index is 0.514. The predicted molar refractivity (Wildman–Crippen MR) is 93.3 cm³/mol. The van der Waals surface area contributed by atoms with Crippen LogP contribution in [0.2, 0.25) is 0 Å². The van der Waals surface area contributed by atoms with Crippen LogP contribution in [0.1, 0.15) is 43.3 Å². The third kappa shape index (κ3) is 6.29. The largest absolute Gasteiger partial charge is 0.356 e. The molecule has 0 fully saturated rings. The van der Waals surface area contributed by atoms with Gasteiger partial charge in [-0.05, 0) is 12.8 Å². The minimum atomic E-state index is 0.514. The summed E-state index contributed by atoms with van der Waals surface area (Å²) in [4.78, 5) is 11.1. The van der Waals surface area contributed by atoms with E-state index >= 15 is 0 Å². The third-order valence-corrected chi connectivity index (χ3v) is 4.40. The summed E-state index contributed by atoms with van der Waals surface area (Å²) in [6.45, 7) is 9.96. The molecule has 21 heavy (non-hydrogen) atoms. The number of nitrogens with zero attached hydrogens (tertiary/aromatic N) is 3. The third-order valence-electron chi connectivity index (χ3n) is 3.20. The molecule has 1 heterocycles. The molecule has 0 aromatic carbocycles. The van der Waals surface area contributed by atoms with Gasteiger partial charge in [-0.2, -0.15) is 0 Å². The highest BCUT2D eigenvalue weighted by Crippen LogP contribution is 2.19. The summed E-state index contributed by atoms with van der Waals surface area (Å²) in [6, 6.07) is 0. The molecule has 0 spiro atoms. The van der Waals surface area contributed by atoms with Gasteiger partial charge < -0.3 is 10.2 Å². The van der Waals surface area contributed by atoms with Gasteiger partial charge in [0.05, 0.1) is 10.7 Å². The van der Waals surface area contributed by atoms with Gasteiger partial charge in [0.25, 0.3) is 0 Å². The van der Waals surface area contributed by atoms with E-state index in [-0.39, 0.29) is 0 Å². The molecule has 0 aliphatic rings. The van der Waals surface area contributed by atoms with Crippen molar-refractivity contribution in [3.05, 3.63) is 28.7 Å². The van der Waals surface area contributed by atoms with E-state index in [0.717, 1.165) is 38.3 Å². The Hall–Kier alpha value is -1.36. The van der Waals surface area contributed by atoms with Gasteiger partial charge in [-0.15, -0.1) is 17.9 Å². The summed E-state index contributed by atoms with van der Waals surface area (Å²) < 4.78 is 0. The number of aliphatic imine (C=N–C) groups is 1. The molecule has 1 rings (SSSR count). The van der Waals surface area contributed by atoms with Crippen molar-refractivity contribution in [3.63, 3.8) is 0 Å². The fourth-order valence-corrected chi connectivity index (χ4v) is 2.84. The molecule has 5 heteroatoms. The molecular weight excluding hydrogens is 280 g/mol. The molecule has 0 aliphatic heterocycles. The summed E-state index contributed by atoms with van der Waals surface area (Å²) in [7, 11) is 3.89. The topological polar surface area (TPSA) is 40.5 Å². The predicted octanol–water partition coefficient (Wildman–Crippen LogP) is 3.28. The lowest BCUT2D eigenvalue weighted by Gasteiger charge is -2.21. The van der Waals surface area contributed by atoms with Crippen molar-refractivity contribution in [1.82, 2.24) is 15.2 Å². The molecule has 4 nitrogen and oxygen atoms in total. The van der Waals surface area contributed by atoms with Crippen LogP contribution in [0.5, 0.6) is 0 Å². The Morgan fingerprint density at radius 2 is 2.33 bits per heavy atom. The maximum atomic E-state index is 4.65. The number of thiazole rings is 1. The van der Waals surface area contributed by atoms with E-state index in [4.69, 9.17) is 0 Å². The molecule has 0 bridgehead atoms. The quantitative estimate of drug-likeness (QED) is 0.347. The van der Waals surface area contributed by atoms with Gasteiger partial charge in [-0.1, -0.05) is 19.9 Å². The Bertz CT molecular complexity index is 451. The maximum absolute atomic E-state index is 4.65. The van der Waals surface area contributed by atoms with Gasteiger partial charge in [0.15, 0.2) is 5.96 Å². The zero-order valence-corrected chi connectivity index (χ0v) is 14.5. The maximum Gasteiger partial charge on any atom is 0.193 e. The van der Waals surface area contributed by atoms with Crippen LogP contribution in [0.15, 0.2) is 23.0 Å². The zero-order chi connectivity index (χ0) is 15.7. The first-order valence-corrected chi connectivity index (χ1v) is 8.43. The highest BCUT2D eigenvalue weighted by atomic mass is 32.1. The lowest BCUT2D eigenvalue weighted by Crippen LogP contribution is -2.40. The molecule has 0 radical (unpaired) electrons. The lowest BCUT2D eigenvalue weighted by atomic mass is 10.2. The van der Waals surface area contributed by atoms with Gasteiger partial charge in [0.2, 0.25) is 0 Å². The van der Waals surface area contributed by atoms with Gasteiger partial charge in [0, 0.05) is 44.9 Å². The van der Waals surface area contributed by atoms with Crippen molar-refractivity contribution >= 4 is 17.3 Å². The normalized spacial score (nSPS) is 11.8. The smallest absolute Gasteiger partial charge is 0.193 e. The van der Waals surface area contributed by atoms with Crippen LogP contribution in [0.3, 0.4) is 0 Å². The minimum Gasteiger partial charge on any atom is -0.356 e.